The number of carbonyl (C=O) groups excluding carboxylic acids is 1. The molecule has 1 amide bonds. The van der Waals surface area contributed by atoms with Crippen LogP contribution in [-0.2, 0) is 4.79 Å². The van der Waals surface area contributed by atoms with Crippen molar-refractivity contribution in [3.63, 3.8) is 0 Å². The molecule has 2 aromatic carbocycles. The lowest BCUT2D eigenvalue weighted by molar-refractivity contribution is -0.120. The van der Waals surface area contributed by atoms with Crippen molar-refractivity contribution in [2.24, 2.45) is 5.92 Å². The third-order valence-electron chi connectivity index (χ3n) is 5.96. The van der Waals surface area contributed by atoms with Crippen LogP contribution in [-0.4, -0.2) is 38.2 Å². The second-order valence-electron chi connectivity index (χ2n) is 7.97. The normalized spacial score (nSPS) is 14.1. The van der Waals surface area contributed by atoms with Crippen molar-refractivity contribution in [3.05, 3.63) is 53.7 Å². The predicted octanol–water partition coefficient (Wildman–Crippen LogP) is 4.29. The first-order valence-electron chi connectivity index (χ1n) is 10.6. The minimum Gasteiger partial charge on any atom is -0.497 e. The lowest BCUT2D eigenvalue weighted by atomic mass is 9.94. The van der Waals surface area contributed by atoms with Crippen LogP contribution >= 0.6 is 0 Å². The van der Waals surface area contributed by atoms with E-state index in [0.29, 0.717) is 48.7 Å². The molecule has 164 valence electrons. The molecule has 32 heavy (non-hydrogen) atoms. The number of aryl methyl sites for hydroxylation is 1. The van der Waals surface area contributed by atoms with Gasteiger partial charge in [-0.25, -0.2) is 0 Å². The van der Waals surface area contributed by atoms with Crippen LogP contribution in [0.5, 0.6) is 11.5 Å². The van der Waals surface area contributed by atoms with Gasteiger partial charge in [0.15, 0.2) is 0 Å². The molecule has 1 N–H and O–H groups in total. The molecule has 7 nitrogen and oxygen atoms in total. The van der Waals surface area contributed by atoms with Gasteiger partial charge in [0, 0.05) is 36.7 Å². The Hall–Kier alpha value is -3.79. The first-order valence-corrected chi connectivity index (χ1v) is 10.6. The maximum absolute atomic E-state index is 12.9. The second-order valence-corrected chi connectivity index (χ2v) is 7.97. The van der Waals surface area contributed by atoms with E-state index in [9.17, 15) is 10.1 Å². The number of hydrogen-bond donors (Lipinski definition) is 1. The number of nitriles is 1. The number of amides is 1. The van der Waals surface area contributed by atoms with Gasteiger partial charge < -0.3 is 19.7 Å². The molecular weight excluding hydrogens is 404 g/mol. The Balaban J connectivity index is 1.50. The number of nitrogens with zero attached hydrogens (tertiary/aromatic N) is 3. The number of aromatic nitrogens is 1. The summed E-state index contributed by atoms with van der Waals surface area (Å²) < 4.78 is 10.6. The highest BCUT2D eigenvalue weighted by atomic mass is 16.5. The van der Waals surface area contributed by atoms with Crippen LogP contribution in [0.15, 0.2) is 42.6 Å². The van der Waals surface area contributed by atoms with E-state index < -0.39 is 0 Å². The molecule has 1 fully saturated rings. The molecule has 0 unspecified atom stereocenters. The highest BCUT2D eigenvalue weighted by Gasteiger charge is 2.28. The van der Waals surface area contributed by atoms with E-state index in [1.54, 1.807) is 38.6 Å². The highest BCUT2D eigenvalue weighted by molar-refractivity contribution is 5.96. The fourth-order valence-corrected chi connectivity index (χ4v) is 4.22. The Labute approximate surface area is 187 Å². The van der Waals surface area contributed by atoms with Gasteiger partial charge in [0.25, 0.3) is 0 Å². The average Bonchev–Trinajstić information content (AvgIpc) is 2.83. The largest absolute Gasteiger partial charge is 0.497 e. The van der Waals surface area contributed by atoms with Crippen molar-refractivity contribution in [3.8, 4) is 17.6 Å². The van der Waals surface area contributed by atoms with Crippen LogP contribution < -0.4 is 19.7 Å². The Kier molecular flexibility index (Phi) is 6.13. The van der Waals surface area contributed by atoms with Crippen LogP contribution in [0.4, 0.5) is 11.4 Å². The Morgan fingerprint density at radius 2 is 1.94 bits per heavy atom. The fraction of sp³-hybridized carbons (Fsp3) is 0.320. The molecular formula is C25H26N4O3. The van der Waals surface area contributed by atoms with Gasteiger partial charge in [-0.15, -0.1) is 0 Å². The summed E-state index contributed by atoms with van der Waals surface area (Å²) in [7, 11) is 3.16. The van der Waals surface area contributed by atoms with E-state index in [2.05, 4.69) is 27.3 Å². The van der Waals surface area contributed by atoms with Crippen molar-refractivity contribution in [2.75, 3.05) is 37.5 Å². The molecule has 0 saturated carbocycles. The van der Waals surface area contributed by atoms with Gasteiger partial charge >= 0.3 is 0 Å². The summed E-state index contributed by atoms with van der Waals surface area (Å²) >= 11 is 0. The van der Waals surface area contributed by atoms with Gasteiger partial charge in [0.1, 0.15) is 17.6 Å². The van der Waals surface area contributed by atoms with Crippen LogP contribution in [0.25, 0.3) is 10.9 Å². The number of nitrogens with one attached hydrogen (secondary N) is 1. The highest BCUT2D eigenvalue weighted by Crippen LogP contribution is 2.34. The number of rotatable bonds is 5. The lowest BCUT2D eigenvalue weighted by Crippen LogP contribution is -2.38. The molecule has 1 aliphatic heterocycles. The topological polar surface area (TPSA) is 87.5 Å². The van der Waals surface area contributed by atoms with E-state index in [-0.39, 0.29) is 11.8 Å². The zero-order valence-electron chi connectivity index (χ0n) is 18.5. The summed E-state index contributed by atoms with van der Waals surface area (Å²) in [5, 5.41) is 13.6. The minimum atomic E-state index is -0.113. The van der Waals surface area contributed by atoms with Crippen LogP contribution in [0.3, 0.4) is 0 Å². The number of pyridine rings is 1. The third-order valence-corrected chi connectivity index (χ3v) is 5.96. The van der Waals surface area contributed by atoms with E-state index in [1.807, 2.05) is 19.1 Å². The van der Waals surface area contributed by atoms with Crippen molar-refractivity contribution in [2.45, 2.75) is 19.8 Å². The first-order chi connectivity index (χ1) is 15.5. The molecule has 3 aromatic rings. The van der Waals surface area contributed by atoms with Gasteiger partial charge in [-0.05, 0) is 44.0 Å². The fourth-order valence-electron chi connectivity index (χ4n) is 4.22. The molecule has 2 heterocycles. The smallest absolute Gasteiger partial charge is 0.227 e. The van der Waals surface area contributed by atoms with Crippen LogP contribution in [0.2, 0.25) is 0 Å². The average molecular weight is 431 g/mol. The standard InChI is InChI=1S/C25H26N4O3/c1-16-4-6-21-20(12-16)24(18(14-26)15-27-21)29-10-8-17(9-11-29)25(30)28-22-7-5-19(31-2)13-23(22)32-3/h4-7,12-13,15,17H,8-11H2,1-3H3,(H,28,30). The van der Waals surface area contributed by atoms with Gasteiger partial charge in [0.2, 0.25) is 5.91 Å². The number of hydrogen-bond acceptors (Lipinski definition) is 6. The third kappa shape index (κ3) is 4.17. The predicted molar refractivity (Wildman–Crippen MR) is 124 cm³/mol. The van der Waals surface area contributed by atoms with Gasteiger partial charge in [-0.3, -0.25) is 9.78 Å². The number of piperidine rings is 1. The molecule has 1 aromatic heterocycles. The van der Waals surface area contributed by atoms with E-state index in [0.717, 1.165) is 22.2 Å². The SMILES string of the molecule is COc1ccc(NC(=O)C2CCN(c3c(C#N)cnc4ccc(C)cc34)CC2)c(OC)c1. The molecule has 0 aliphatic carbocycles. The number of anilines is 2. The number of benzene rings is 2. The van der Waals surface area contributed by atoms with E-state index in [4.69, 9.17) is 9.47 Å². The van der Waals surface area contributed by atoms with E-state index in [1.165, 1.54) is 0 Å². The molecule has 0 radical (unpaired) electrons. The summed E-state index contributed by atoms with van der Waals surface area (Å²) in [4.78, 5) is 19.6. The van der Waals surface area contributed by atoms with Crippen molar-refractivity contribution in [1.82, 2.24) is 4.98 Å². The maximum atomic E-state index is 12.9. The summed E-state index contributed by atoms with van der Waals surface area (Å²) in [6.45, 7) is 3.42. The Morgan fingerprint density at radius 1 is 1.16 bits per heavy atom. The van der Waals surface area contributed by atoms with E-state index >= 15 is 0 Å². The summed E-state index contributed by atoms with van der Waals surface area (Å²) in [5.74, 6) is 1.09. The second kappa shape index (κ2) is 9.15. The number of ether oxygens (including phenoxy) is 2. The monoisotopic (exact) mass is 430 g/mol. The number of fused-ring (bicyclic) bond motifs is 1. The number of methoxy groups -OCH3 is 2. The van der Waals surface area contributed by atoms with Crippen LogP contribution in [0, 0.1) is 24.2 Å². The van der Waals surface area contributed by atoms with Crippen molar-refractivity contribution < 1.29 is 14.3 Å². The molecule has 1 saturated heterocycles. The molecule has 0 bridgehead atoms. The van der Waals surface area contributed by atoms with Crippen molar-refractivity contribution >= 4 is 28.2 Å². The Bertz CT molecular complexity index is 1190. The quantitative estimate of drug-likeness (QED) is 0.650. The molecule has 4 rings (SSSR count). The molecule has 7 heteroatoms. The molecule has 0 atom stereocenters. The summed E-state index contributed by atoms with van der Waals surface area (Å²) in [6, 6.07) is 13.7. The van der Waals surface area contributed by atoms with Crippen LogP contribution in [0.1, 0.15) is 24.0 Å². The first kappa shape index (κ1) is 21.4. The van der Waals surface area contributed by atoms with Gasteiger partial charge in [-0.1, -0.05) is 11.6 Å². The zero-order valence-corrected chi connectivity index (χ0v) is 18.5. The molecule has 1 aliphatic rings. The van der Waals surface area contributed by atoms with Gasteiger partial charge in [0.05, 0.1) is 36.7 Å². The minimum absolute atomic E-state index is 0.0240. The zero-order chi connectivity index (χ0) is 22.7. The summed E-state index contributed by atoms with van der Waals surface area (Å²) in [6.07, 6.45) is 3.04. The molecule has 0 spiro atoms. The lowest BCUT2D eigenvalue weighted by Gasteiger charge is -2.34. The number of carbonyl (C=O) groups is 1. The Morgan fingerprint density at radius 3 is 2.62 bits per heavy atom. The maximum Gasteiger partial charge on any atom is 0.227 e. The van der Waals surface area contributed by atoms with Crippen molar-refractivity contribution in [1.29, 1.82) is 5.26 Å². The summed E-state index contributed by atoms with van der Waals surface area (Å²) in [5.41, 5.74) is 4.10. The van der Waals surface area contributed by atoms with Gasteiger partial charge in [-0.2, -0.15) is 5.26 Å².